The molecule has 0 saturated carbocycles. The molecule has 0 aliphatic carbocycles. The van der Waals surface area contributed by atoms with Crippen molar-refractivity contribution in [3.63, 3.8) is 0 Å². The van der Waals surface area contributed by atoms with Crippen LogP contribution in [0.5, 0.6) is 0 Å². The van der Waals surface area contributed by atoms with Gasteiger partial charge in [0.25, 0.3) is 5.79 Å². The van der Waals surface area contributed by atoms with E-state index in [1.54, 1.807) is 0 Å². The fraction of sp³-hybridized carbons (Fsp3) is 0.714. The zero-order valence-corrected chi connectivity index (χ0v) is 13.6. The van der Waals surface area contributed by atoms with E-state index in [0.29, 0.717) is 27.7 Å². The lowest BCUT2D eigenvalue weighted by molar-refractivity contribution is -0.390. The average molecular weight is 348 g/mol. The third kappa shape index (κ3) is 1.98. The van der Waals surface area contributed by atoms with Crippen LogP contribution in [0.2, 0.25) is 0 Å². The highest BCUT2D eigenvalue weighted by Gasteiger charge is 2.83. The van der Waals surface area contributed by atoms with E-state index < -0.39 is 58.4 Å². The van der Waals surface area contributed by atoms with Gasteiger partial charge in [0.05, 0.1) is 6.61 Å². The van der Waals surface area contributed by atoms with Gasteiger partial charge in [0.2, 0.25) is 11.2 Å². The van der Waals surface area contributed by atoms with E-state index in [1.807, 2.05) is 0 Å². The van der Waals surface area contributed by atoms with Gasteiger partial charge >= 0.3 is 0 Å². The third-order valence-corrected chi connectivity index (χ3v) is 4.54. The maximum Gasteiger partial charge on any atom is 0.267 e. The fourth-order valence-electron chi connectivity index (χ4n) is 3.14. The Bertz CT molecular complexity index is 615. The van der Waals surface area contributed by atoms with E-state index in [0.717, 1.165) is 0 Å². The first-order chi connectivity index (χ1) is 10.7. The van der Waals surface area contributed by atoms with E-state index in [4.69, 9.17) is 4.74 Å². The Morgan fingerprint density at radius 2 is 1.21 bits per heavy atom. The smallest absolute Gasteiger partial charge is 0.267 e. The molecule has 0 bridgehead atoms. The summed E-state index contributed by atoms with van der Waals surface area (Å²) in [4.78, 5) is 47.9. The number of rotatable bonds is 5. The first kappa shape index (κ1) is 20.5. The SMILES string of the molecule is CC(=O)C1(O)O[C@H](CO)[C@@](O)(C(C)=O)[C@@](O)(C(C)=O)[C@]1(O)C(C)=O. The van der Waals surface area contributed by atoms with Crippen LogP contribution in [0, 0.1) is 0 Å². The van der Waals surface area contributed by atoms with Crippen LogP contribution in [0.3, 0.4) is 0 Å². The maximum absolute atomic E-state index is 12.1. The molecule has 0 spiro atoms. The van der Waals surface area contributed by atoms with Gasteiger partial charge in [-0.3, -0.25) is 19.2 Å². The molecule has 1 saturated heterocycles. The number of Topliss-reactive ketones (excluding diaryl/α,β-unsaturated/α-hetero) is 4. The Morgan fingerprint density at radius 3 is 1.46 bits per heavy atom. The van der Waals surface area contributed by atoms with Gasteiger partial charge in [-0.25, -0.2) is 0 Å². The minimum absolute atomic E-state index is 0.616. The Morgan fingerprint density at radius 1 is 0.792 bits per heavy atom. The van der Waals surface area contributed by atoms with Crippen LogP contribution in [0.25, 0.3) is 0 Å². The molecule has 24 heavy (non-hydrogen) atoms. The van der Waals surface area contributed by atoms with Gasteiger partial charge in [-0.1, -0.05) is 0 Å². The van der Waals surface area contributed by atoms with E-state index in [2.05, 4.69) is 0 Å². The zero-order valence-electron chi connectivity index (χ0n) is 13.6. The van der Waals surface area contributed by atoms with Gasteiger partial charge in [-0.2, -0.15) is 0 Å². The van der Waals surface area contributed by atoms with Crippen molar-refractivity contribution >= 4 is 23.1 Å². The maximum atomic E-state index is 12.1. The van der Waals surface area contributed by atoms with Crippen LogP contribution in [0.15, 0.2) is 0 Å². The summed E-state index contributed by atoms with van der Waals surface area (Å²) in [5.74, 6) is -9.25. The van der Waals surface area contributed by atoms with Gasteiger partial charge < -0.3 is 30.3 Å². The summed E-state index contributed by atoms with van der Waals surface area (Å²) >= 11 is 0. The molecule has 0 aromatic heterocycles. The van der Waals surface area contributed by atoms with E-state index in [9.17, 15) is 44.7 Å². The molecule has 5 atom stereocenters. The number of hydrogen-bond acceptors (Lipinski definition) is 10. The second kappa shape index (κ2) is 5.76. The number of ketones is 4. The molecule has 0 radical (unpaired) electrons. The molecule has 0 amide bonds. The lowest BCUT2D eigenvalue weighted by Crippen LogP contribution is -2.90. The van der Waals surface area contributed by atoms with Crippen molar-refractivity contribution in [1.29, 1.82) is 0 Å². The zero-order chi connectivity index (χ0) is 19.3. The number of hydrogen-bond donors (Lipinski definition) is 5. The first-order valence-electron chi connectivity index (χ1n) is 6.91. The molecule has 0 aromatic rings. The summed E-state index contributed by atoms with van der Waals surface area (Å²) in [6.45, 7) is 1.40. The van der Waals surface area contributed by atoms with Gasteiger partial charge in [0.15, 0.2) is 28.7 Å². The molecule has 5 N–H and O–H groups in total. The number of aliphatic hydroxyl groups excluding tert-OH is 1. The summed E-state index contributed by atoms with van der Waals surface area (Å²) in [6.07, 6.45) is -2.18. The minimum Gasteiger partial charge on any atom is -0.394 e. The van der Waals surface area contributed by atoms with Gasteiger partial charge in [-0.05, 0) is 20.8 Å². The fourth-order valence-corrected chi connectivity index (χ4v) is 3.14. The van der Waals surface area contributed by atoms with Crippen LogP contribution in [0.4, 0.5) is 0 Å². The topological polar surface area (TPSA) is 179 Å². The Hall–Kier alpha value is -1.56. The largest absolute Gasteiger partial charge is 0.394 e. The van der Waals surface area contributed by atoms with E-state index in [1.165, 1.54) is 0 Å². The molecule has 1 fully saturated rings. The number of aliphatic hydroxyl groups is 5. The van der Waals surface area contributed by atoms with Gasteiger partial charge in [-0.15, -0.1) is 0 Å². The second-order valence-corrected chi connectivity index (χ2v) is 5.85. The molecule has 0 aromatic carbocycles. The molecular formula is C14H20O10. The van der Waals surface area contributed by atoms with Crippen molar-refractivity contribution in [2.75, 3.05) is 6.61 Å². The highest BCUT2D eigenvalue weighted by molar-refractivity contribution is 6.08. The van der Waals surface area contributed by atoms with Crippen LogP contribution in [-0.4, -0.2) is 84.0 Å². The first-order valence-corrected chi connectivity index (χ1v) is 6.91. The third-order valence-electron chi connectivity index (χ3n) is 4.54. The highest BCUT2D eigenvalue weighted by Crippen LogP contribution is 2.50. The van der Waals surface area contributed by atoms with Crippen molar-refractivity contribution < 1.29 is 49.4 Å². The molecule has 10 nitrogen and oxygen atoms in total. The summed E-state index contributed by atoms with van der Waals surface area (Å²) in [5, 5.41) is 52.0. The monoisotopic (exact) mass is 348 g/mol. The highest BCUT2D eigenvalue weighted by atomic mass is 16.7. The molecule has 1 unspecified atom stereocenters. The lowest BCUT2D eigenvalue weighted by atomic mass is 9.57. The number of ether oxygens (including phenoxy) is 1. The quantitative estimate of drug-likeness (QED) is 0.336. The predicted molar refractivity (Wildman–Crippen MR) is 74.5 cm³/mol. The van der Waals surface area contributed by atoms with Crippen LogP contribution >= 0.6 is 0 Å². The van der Waals surface area contributed by atoms with Crippen LogP contribution in [0.1, 0.15) is 27.7 Å². The number of carbonyl (C=O) groups is 4. The second-order valence-electron chi connectivity index (χ2n) is 5.85. The molecule has 1 heterocycles. The molecule has 10 heteroatoms. The molecular weight excluding hydrogens is 328 g/mol. The van der Waals surface area contributed by atoms with Gasteiger partial charge in [0, 0.05) is 6.92 Å². The van der Waals surface area contributed by atoms with Crippen LogP contribution < -0.4 is 0 Å². The normalized spacial score (nSPS) is 42.5. The molecule has 1 aliphatic heterocycles. The molecule has 1 aliphatic rings. The molecule has 1 rings (SSSR count). The van der Waals surface area contributed by atoms with Crippen molar-refractivity contribution in [1.82, 2.24) is 0 Å². The molecule has 136 valence electrons. The predicted octanol–water partition coefficient (Wildman–Crippen LogP) is -3.38. The summed E-state index contributed by atoms with van der Waals surface area (Å²) < 4.78 is 4.79. The summed E-state index contributed by atoms with van der Waals surface area (Å²) in [7, 11) is 0. The Labute approximate surface area is 136 Å². The van der Waals surface area contributed by atoms with Crippen molar-refractivity contribution in [2.24, 2.45) is 0 Å². The minimum atomic E-state index is -3.70. The average Bonchev–Trinajstić information content (AvgIpc) is 2.47. The van der Waals surface area contributed by atoms with E-state index in [-0.39, 0.29) is 0 Å². The Kier molecular flexibility index (Phi) is 4.92. The van der Waals surface area contributed by atoms with Crippen molar-refractivity contribution in [3.05, 3.63) is 0 Å². The summed E-state index contributed by atoms with van der Waals surface area (Å²) in [5.41, 5.74) is -10.7. The standard InChI is InChI=1S/C14H20O10/c1-6(16)11(20)10(5-15)24-14(23,9(4)19)13(22,8(3)18)12(11,21)7(2)17/h10,15,20-23H,5H2,1-4H3/t10-,11+,12+,13-,14?/m1/s1. The van der Waals surface area contributed by atoms with E-state index >= 15 is 0 Å². The van der Waals surface area contributed by atoms with Crippen LogP contribution in [-0.2, 0) is 23.9 Å². The van der Waals surface area contributed by atoms with Crippen molar-refractivity contribution in [2.45, 2.75) is 56.4 Å². The lowest BCUT2D eigenvalue weighted by Gasteiger charge is -2.59. The van der Waals surface area contributed by atoms with Gasteiger partial charge in [0.1, 0.15) is 6.10 Å². The number of carbonyl (C=O) groups excluding carboxylic acids is 4. The summed E-state index contributed by atoms with van der Waals surface area (Å²) in [6, 6.07) is 0. The van der Waals surface area contributed by atoms with Crippen molar-refractivity contribution in [3.8, 4) is 0 Å². The Balaban J connectivity index is 4.05.